The number of halogens is 1. The lowest BCUT2D eigenvalue weighted by atomic mass is 9.96. The molecule has 1 N–H and O–H groups in total. The highest BCUT2D eigenvalue weighted by Crippen LogP contribution is 2.33. The van der Waals surface area contributed by atoms with Crippen LogP contribution in [0.15, 0.2) is 42.5 Å². The summed E-state index contributed by atoms with van der Waals surface area (Å²) in [5, 5.41) is 9.15. The number of benzene rings is 2. The summed E-state index contributed by atoms with van der Waals surface area (Å²) in [6, 6.07) is 13.8. The number of nitrogens with zero attached hydrogens (tertiary/aromatic N) is 4. The highest BCUT2D eigenvalue weighted by Gasteiger charge is 2.21. The Kier molecular flexibility index (Phi) is 4.83. The number of hydrogen-bond donors (Lipinski definition) is 1. The molecule has 32 heavy (non-hydrogen) atoms. The Morgan fingerprint density at radius 1 is 0.938 bits per heavy atom. The molecule has 0 fully saturated rings. The zero-order valence-electron chi connectivity index (χ0n) is 17.5. The van der Waals surface area contributed by atoms with Crippen LogP contribution in [0.25, 0.3) is 5.78 Å². The first-order valence-electron chi connectivity index (χ1n) is 10.9. The number of fused-ring (bicyclic) bond motifs is 3. The molecular formula is C24H22ClN5O2. The van der Waals surface area contributed by atoms with Crippen LogP contribution in [0.5, 0.6) is 11.5 Å². The van der Waals surface area contributed by atoms with Crippen molar-refractivity contribution < 1.29 is 9.47 Å². The van der Waals surface area contributed by atoms with Gasteiger partial charge in [0, 0.05) is 23.6 Å². The molecule has 0 amide bonds. The predicted molar refractivity (Wildman–Crippen MR) is 122 cm³/mol. The van der Waals surface area contributed by atoms with Crippen LogP contribution in [0.4, 0.5) is 5.82 Å². The maximum atomic E-state index is 6.02. The molecule has 0 radical (unpaired) electrons. The fourth-order valence-electron chi connectivity index (χ4n) is 4.36. The van der Waals surface area contributed by atoms with Crippen LogP contribution < -0.4 is 14.8 Å². The largest absolute Gasteiger partial charge is 0.454 e. The lowest BCUT2D eigenvalue weighted by Crippen LogP contribution is -2.15. The normalized spacial score (nSPS) is 14.5. The van der Waals surface area contributed by atoms with Crippen LogP contribution in [-0.4, -0.2) is 26.4 Å². The first-order valence-corrected chi connectivity index (χ1v) is 11.2. The van der Waals surface area contributed by atoms with Gasteiger partial charge < -0.3 is 14.8 Å². The lowest BCUT2D eigenvalue weighted by Gasteiger charge is -2.20. The van der Waals surface area contributed by atoms with Crippen molar-refractivity contribution in [1.82, 2.24) is 19.6 Å². The molecule has 0 saturated carbocycles. The summed E-state index contributed by atoms with van der Waals surface area (Å²) in [6.45, 7) is 0.925. The van der Waals surface area contributed by atoms with Gasteiger partial charge in [0.05, 0.1) is 5.69 Å². The number of aromatic nitrogens is 4. The summed E-state index contributed by atoms with van der Waals surface area (Å²) < 4.78 is 12.8. The number of rotatable bonds is 5. The SMILES string of the molecule is Clc1ccc(Cc2nc3nc4c(c(NCc5ccc6c(c5)OCO6)n3n2)CCCC4)cc1. The maximum Gasteiger partial charge on any atom is 0.254 e. The van der Waals surface area contributed by atoms with Crippen LogP contribution in [-0.2, 0) is 25.8 Å². The molecule has 0 atom stereocenters. The number of ether oxygens (including phenoxy) is 2. The standard InChI is InChI=1S/C24H22ClN5O2/c25-17-8-5-15(6-9-17)12-22-28-24-27-19-4-2-1-3-18(19)23(30(24)29-22)26-13-16-7-10-20-21(11-16)32-14-31-20/h5-11,26H,1-4,12-14H2. The second kappa shape index (κ2) is 7.98. The third-order valence-electron chi connectivity index (χ3n) is 5.98. The van der Waals surface area contributed by atoms with Crippen molar-refractivity contribution >= 4 is 23.2 Å². The van der Waals surface area contributed by atoms with E-state index < -0.39 is 0 Å². The summed E-state index contributed by atoms with van der Waals surface area (Å²) in [6.07, 6.45) is 4.92. The molecule has 2 aromatic heterocycles. The van der Waals surface area contributed by atoms with Gasteiger partial charge in [0.2, 0.25) is 6.79 Å². The second-order valence-electron chi connectivity index (χ2n) is 8.18. The van der Waals surface area contributed by atoms with E-state index in [0.717, 1.165) is 70.7 Å². The van der Waals surface area contributed by atoms with Crippen LogP contribution in [0.3, 0.4) is 0 Å². The molecule has 4 aromatic rings. The molecular weight excluding hydrogens is 426 g/mol. The second-order valence-corrected chi connectivity index (χ2v) is 8.61. The topological polar surface area (TPSA) is 73.6 Å². The molecule has 0 unspecified atom stereocenters. The van der Waals surface area contributed by atoms with E-state index in [1.807, 2.05) is 40.9 Å². The van der Waals surface area contributed by atoms with Crippen molar-refractivity contribution in [3.8, 4) is 11.5 Å². The van der Waals surface area contributed by atoms with Crippen LogP contribution >= 0.6 is 11.6 Å². The Labute approximate surface area is 190 Å². The van der Waals surface area contributed by atoms with Crippen LogP contribution in [0.2, 0.25) is 5.02 Å². The van der Waals surface area contributed by atoms with Crippen molar-refractivity contribution in [1.29, 1.82) is 0 Å². The van der Waals surface area contributed by atoms with Gasteiger partial charge in [-0.3, -0.25) is 0 Å². The average molecular weight is 448 g/mol. The first kappa shape index (κ1) is 19.4. The van der Waals surface area contributed by atoms with E-state index in [2.05, 4.69) is 11.4 Å². The number of nitrogens with one attached hydrogen (secondary N) is 1. The highest BCUT2D eigenvalue weighted by molar-refractivity contribution is 6.30. The van der Waals surface area contributed by atoms with E-state index in [9.17, 15) is 0 Å². The van der Waals surface area contributed by atoms with E-state index in [0.29, 0.717) is 18.7 Å². The smallest absolute Gasteiger partial charge is 0.254 e. The predicted octanol–water partition coefficient (Wildman–Crippen LogP) is 4.59. The summed E-state index contributed by atoms with van der Waals surface area (Å²) in [4.78, 5) is 9.58. The molecule has 6 rings (SSSR count). The van der Waals surface area contributed by atoms with E-state index in [-0.39, 0.29) is 6.79 Å². The van der Waals surface area contributed by atoms with Crippen molar-refractivity contribution in [2.24, 2.45) is 0 Å². The summed E-state index contributed by atoms with van der Waals surface area (Å²) >= 11 is 6.02. The Hall–Kier alpha value is -3.32. The molecule has 1 aliphatic heterocycles. The summed E-state index contributed by atoms with van der Waals surface area (Å²) in [5.74, 6) is 3.95. The molecule has 2 aromatic carbocycles. The van der Waals surface area contributed by atoms with Gasteiger partial charge in [0.25, 0.3) is 5.78 Å². The van der Waals surface area contributed by atoms with E-state index in [1.54, 1.807) is 0 Å². The fourth-order valence-corrected chi connectivity index (χ4v) is 4.49. The quantitative estimate of drug-likeness (QED) is 0.482. The minimum atomic E-state index is 0.278. The molecule has 8 heteroatoms. The van der Waals surface area contributed by atoms with Crippen molar-refractivity contribution in [3.63, 3.8) is 0 Å². The van der Waals surface area contributed by atoms with Crippen molar-refractivity contribution in [3.05, 3.63) is 75.7 Å². The minimum absolute atomic E-state index is 0.278. The summed E-state index contributed by atoms with van der Waals surface area (Å²) in [5.41, 5.74) is 4.60. The monoisotopic (exact) mass is 447 g/mol. The molecule has 0 spiro atoms. The molecule has 2 aliphatic rings. The summed E-state index contributed by atoms with van der Waals surface area (Å²) in [7, 11) is 0. The minimum Gasteiger partial charge on any atom is -0.454 e. The molecule has 1 aliphatic carbocycles. The zero-order valence-corrected chi connectivity index (χ0v) is 18.2. The first-order chi connectivity index (χ1) is 15.7. The van der Waals surface area contributed by atoms with Gasteiger partial charge in [-0.15, -0.1) is 5.10 Å². The molecule has 3 heterocycles. The van der Waals surface area contributed by atoms with Gasteiger partial charge in [-0.05, 0) is 61.1 Å². The number of anilines is 1. The number of hydrogen-bond acceptors (Lipinski definition) is 6. The van der Waals surface area contributed by atoms with E-state index in [1.165, 1.54) is 5.56 Å². The molecule has 7 nitrogen and oxygen atoms in total. The Balaban J connectivity index is 1.34. The van der Waals surface area contributed by atoms with Gasteiger partial charge >= 0.3 is 0 Å². The van der Waals surface area contributed by atoms with E-state index in [4.69, 9.17) is 36.1 Å². The molecule has 0 saturated heterocycles. The van der Waals surface area contributed by atoms with Gasteiger partial charge in [-0.2, -0.15) is 9.50 Å². The van der Waals surface area contributed by atoms with Crippen LogP contribution in [0.1, 0.15) is 41.1 Å². The molecule has 162 valence electrons. The third-order valence-corrected chi connectivity index (χ3v) is 6.23. The highest BCUT2D eigenvalue weighted by atomic mass is 35.5. The maximum absolute atomic E-state index is 6.02. The van der Waals surface area contributed by atoms with Crippen molar-refractivity contribution in [2.75, 3.05) is 12.1 Å². The Morgan fingerprint density at radius 2 is 1.75 bits per heavy atom. The Morgan fingerprint density at radius 3 is 2.66 bits per heavy atom. The zero-order chi connectivity index (χ0) is 21.5. The lowest BCUT2D eigenvalue weighted by molar-refractivity contribution is 0.174. The van der Waals surface area contributed by atoms with Gasteiger partial charge in [0.15, 0.2) is 17.3 Å². The number of aryl methyl sites for hydroxylation is 1. The molecule has 0 bridgehead atoms. The fraction of sp³-hybridized carbons (Fsp3) is 0.292. The van der Waals surface area contributed by atoms with Gasteiger partial charge in [-0.1, -0.05) is 29.8 Å². The average Bonchev–Trinajstić information content (AvgIpc) is 3.44. The van der Waals surface area contributed by atoms with Gasteiger partial charge in [0.1, 0.15) is 5.82 Å². The van der Waals surface area contributed by atoms with Gasteiger partial charge in [-0.25, -0.2) is 4.98 Å². The van der Waals surface area contributed by atoms with E-state index >= 15 is 0 Å². The Bertz CT molecular complexity index is 1300. The van der Waals surface area contributed by atoms with Crippen LogP contribution in [0, 0.1) is 0 Å². The van der Waals surface area contributed by atoms with Crippen molar-refractivity contribution in [2.45, 2.75) is 38.6 Å². The third kappa shape index (κ3) is 3.62.